The van der Waals surface area contributed by atoms with E-state index in [-0.39, 0.29) is 34.7 Å². The van der Waals surface area contributed by atoms with Gasteiger partial charge in [0.2, 0.25) is 11.8 Å². The summed E-state index contributed by atoms with van der Waals surface area (Å²) >= 11 is 12.5. The van der Waals surface area contributed by atoms with Gasteiger partial charge in [-0.15, -0.1) is 0 Å². The Balaban J connectivity index is 2.09. The second-order valence-corrected chi connectivity index (χ2v) is 12.9. The average Bonchev–Trinajstić information content (AvgIpc) is 2.99. The minimum absolute atomic E-state index is 0.00300. The number of benzene rings is 3. The van der Waals surface area contributed by atoms with Crippen LogP contribution in [0.4, 0.5) is 5.69 Å². The van der Waals surface area contributed by atoms with Gasteiger partial charge in [0.05, 0.1) is 24.8 Å². The van der Waals surface area contributed by atoms with Crippen molar-refractivity contribution in [3.63, 3.8) is 0 Å². The molecular formula is C31H37Cl2N3O6S. The van der Waals surface area contributed by atoms with Gasteiger partial charge in [-0.05, 0) is 60.4 Å². The van der Waals surface area contributed by atoms with Gasteiger partial charge in [-0.3, -0.25) is 13.9 Å². The van der Waals surface area contributed by atoms with E-state index in [0.29, 0.717) is 34.3 Å². The van der Waals surface area contributed by atoms with Crippen LogP contribution in [-0.4, -0.2) is 58.5 Å². The zero-order chi connectivity index (χ0) is 31.7. The first-order chi connectivity index (χ1) is 20.4. The molecule has 1 atom stereocenters. The fourth-order valence-electron chi connectivity index (χ4n) is 4.39. The highest BCUT2D eigenvalue weighted by Gasteiger charge is 2.34. The van der Waals surface area contributed by atoms with Gasteiger partial charge in [0.25, 0.3) is 10.0 Å². The number of halogens is 2. The van der Waals surface area contributed by atoms with Gasteiger partial charge in [0.1, 0.15) is 12.6 Å². The fraction of sp³-hybridized carbons (Fsp3) is 0.355. The number of carbonyl (C=O) groups excluding carboxylic acids is 2. The molecule has 0 saturated heterocycles. The van der Waals surface area contributed by atoms with Crippen molar-refractivity contribution in [2.24, 2.45) is 5.92 Å². The summed E-state index contributed by atoms with van der Waals surface area (Å²) in [6.45, 7) is 5.55. The third-order valence-corrected chi connectivity index (χ3v) is 9.10. The number of nitrogens with zero attached hydrogens (tertiary/aromatic N) is 2. The molecule has 2 amide bonds. The molecule has 232 valence electrons. The lowest BCUT2D eigenvalue weighted by Crippen LogP contribution is -2.52. The minimum atomic E-state index is -4.33. The van der Waals surface area contributed by atoms with Crippen molar-refractivity contribution in [1.82, 2.24) is 10.2 Å². The molecule has 0 radical (unpaired) electrons. The largest absolute Gasteiger partial charge is 0.493 e. The molecule has 0 unspecified atom stereocenters. The molecule has 0 bridgehead atoms. The van der Waals surface area contributed by atoms with E-state index in [1.54, 1.807) is 31.2 Å². The number of sulfonamides is 1. The quantitative estimate of drug-likeness (QED) is 0.237. The maximum absolute atomic E-state index is 14.2. The summed E-state index contributed by atoms with van der Waals surface area (Å²) in [5.41, 5.74) is 0.830. The maximum Gasteiger partial charge on any atom is 0.264 e. The molecule has 0 heterocycles. The molecule has 0 fully saturated rings. The predicted octanol–water partition coefficient (Wildman–Crippen LogP) is 5.79. The molecule has 3 aromatic rings. The van der Waals surface area contributed by atoms with E-state index in [1.807, 2.05) is 13.8 Å². The van der Waals surface area contributed by atoms with Crippen LogP contribution in [0.2, 0.25) is 10.0 Å². The Hall–Kier alpha value is -3.47. The summed E-state index contributed by atoms with van der Waals surface area (Å²) in [5, 5.41) is 3.72. The zero-order valence-corrected chi connectivity index (χ0v) is 27.2. The van der Waals surface area contributed by atoms with Gasteiger partial charge in [0, 0.05) is 29.2 Å². The van der Waals surface area contributed by atoms with Crippen molar-refractivity contribution in [1.29, 1.82) is 0 Å². The Morgan fingerprint density at radius 2 is 1.58 bits per heavy atom. The Morgan fingerprint density at radius 3 is 2.16 bits per heavy atom. The molecule has 0 aromatic heterocycles. The van der Waals surface area contributed by atoms with Crippen molar-refractivity contribution in [2.45, 2.75) is 44.7 Å². The number of hydrogen-bond donors (Lipinski definition) is 1. The van der Waals surface area contributed by atoms with Crippen LogP contribution in [-0.2, 0) is 26.2 Å². The van der Waals surface area contributed by atoms with Gasteiger partial charge in [-0.1, -0.05) is 62.2 Å². The van der Waals surface area contributed by atoms with Crippen molar-refractivity contribution in [3.8, 4) is 11.5 Å². The van der Waals surface area contributed by atoms with Crippen molar-refractivity contribution in [2.75, 3.05) is 31.6 Å². The van der Waals surface area contributed by atoms with E-state index in [1.165, 1.54) is 61.6 Å². The summed E-state index contributed by atoms with van der Waals surface area (Å²) in [6.07, 6.45) is 0.295. The van der Waals surface area contributed by atoms with Crippen molar-refractivity contribution < 1.29 is 27.5 Å². The number of anilines is 1. The number of ether oxygens (including phenoxy) is 2. The monoisotopic (exact) mass is 649 g/mol. The molecule has 43 heavy (non-hydrogen) atoms. The molecule has 12 heteroatoms. The highest BCUT2D eigenvalue weighted by molar-refractivity contribution is 7.92. The van der Waals surface area contributed by atoms with E-state index in [9.17, 15) is 18.0 Å². The van der Waals surface area contributed by atoms with Crippen LogP contribution in [0.1, 0.15) is 32.8 Å². The van der Waals surface area contributed by atoms with Gasteiger partial charge >= 0.3 is 0 Å². The summed E-state index contributed by atoms with van der Waals surface area (Å²) < 4.78 is 39.8. The lowest BCUT2D eigenvalue weighted by atomic mass is 10.1. The van der Waals surface area contributed by atoms with Crippen LogP contribution >= 0.6 is 23.2 Å². The number of nitrogens with one attached hydrogen (secondary N) is 1. The van der Waals surface area contributed by atoms with Crippen LogP contribution in [0.3, 0.4) is 0 Å². The van der Waals surface area contributed by atoms with Crippen molar-refractivity contribution in [3.05, 3.63) is 82.3 Å². The zero-order valence-electron chi connectivity index (χ0n) is 24.8. The Kier molecular flexibility index (Phi) is 12.1. The van der Waals surface area contributed by atoms with E-state index < -0.39 is 28.5 Å². The van der Waals surface area contributed by atoms with Crippen molar-refractivity contribution >= 4 is 50.7 Å². The lowest BCUT2D eigenvalue weighted by Gasteiger charge is -2.33. The fourth-order valence-corrected chi connectivity index (χ4v) is 6.14. The summed E-state index contributed by atoms with van der Waals surface area (Å²) in [6, 6.07) is 16.4. The van der Waals surface area contributed by atoms with Crippen LogP contribution in [0, 0.1) is 5.92 Å². The van der Waals surface area contributed by atoms with E-state index in [0.717, 1.165) is 4.31 Å². The molecule has 3 rings (SSSR count). The molecule has 9 nitrogen and oxygen atoms in total. The van der Waals surface area contributed by atoms with Gasteiger partial charge in [-0.25, -0.2) is 8.42 Å². The minimum Gasteiger partial charge on any atom is -0.493 e. The molecular weight excluding hydrogens is 613 g/mol. The van der Waals surface area contributed by atoms with Crippen LogP contribution < -0.4 is 19.1 Å². The van der Waals surface area contributed by atoms with Crippen LogP contribution in [0.5, 0.6) is 11.5 Å². The SMILES string of the molecule is CC[C@H](C(=O)NCC(C)C)N(Cc1ccccc1Cl)C(=O)CN(c1ccc(Cl)cc1)S(=O)(=O)c1ccc(OC)c(OC)c1. The van der Waals surface area contributed by atoms with Gasteiger partial charge in [-0.2, -0.15) is 0 Å². The molecule has 0 spiro atoms. The Labute approximate surface area is 263 Å². The highest BCUT2D eigenvalue weighted by atomic mass is 35.5. The lowest BCUT2D eigenvalue weighted by molar-refractivity contribution is -0.140. The topological polar surface area (TPSA) is 105 Å². The molecule has 0 aliphatic rings. The smallest absolute Gasteiger partial charge is 0.264 e. The third kappa shape index (κ3) is 8.55. The number of amides is 2. The Bertz CT molecular complexity index is 1520. The third-order valence-electron chi connectivity index (χ3n) is 6.71. The van der Waals surface area contributed by atoms with E-state index in [2.05, 4.69) is 5.32 Å². The number of hydrogen-bond acceptors (Lipinski definition) is 6. The predicted molar refractivity (Wildman–Crippen MR) is 169 cm³/mol. The standard InChI is InChI=1S/C31H37Cl2N3O6S/c1-6-27(31(38)34-18-21(2)3)35(19-22-9-7-8-10-26(22)33)30(37)20-36(24-13-11-23(32)12-14-24)43(39,40)25-15-16-28(41-4)29(17-25)42-5/h7-17,21,27H,6,18-20H2,1-5H3,(H,34,38)/t27-/m1/s1. The first-order valence-electron chi connectivity index (χ1n) is 13.7. The summed E-state index contributed by atoms with van der Waals surface area (Å²) in [7, 11) is -1.48. The van der Waals surface area contributed by atoms with Crippen LogP contribution in [0.15, 0.2) is 71.6 Å². The maximum atomic E-state index is 14.2. The first-order valence-corrected chi connectivity index (χ1v) is 15.9. The number of rotatable bonds is 14. The first kappa shape index (κ1) is 34.0. The molecule has 1 N–H and O–H groups in total. The molecule has 3 aromatic carbocycles. The van der Waals surface area contributed by atoms with E-state index in [4.69, 9.17) is 32.7 Å². The van der Waals surface area contributed by atoms with E-state index >= 15 is 0 Å². The second-order valence-electron chi connectivity index (χ2n) is 10.2. The van der Waals surface area contributed by atoms with Gasteiger partial charge < -0.3 is 19.7 Å². The second kappa shape index (κ2) is 15.3. The summed E-state index contributed by atoms with van der Waals surface area (Å²) in [5.74, 6) is -0.178. The number of carbonyl (C=O) groups is 2. The Morgan fingerprint density at radius 1 is 0.930 bits per heavy atom. The van der Waals surface area contributed by atoms with Crippen LogP contribution in [0.25, 0.3) is 0 Å². The summed E-state index contributed by atoms with van der Waals surface area (Å²) in [4.78, 5) is 28.8. The average molecular weight is 651 g/mol. The molecule has 0 aliphatic heterocycles. The van der Waals surface area contributed by atoms with Gasteiger partial charge in [0.15, 0.2) is 11.5 Å². The normalized spacial score (nSPS) is 12.0. The highest BCUT2D eigenvalue weighted by Crippen LogP contribution is 2.33. The molecule has 0 aliphatic carbocycles. The number of methoxy groups -OCH3 is 2. The molecule has 0 saturated carbocycles.